The Hall–Kier alpha value is -0.750. The number of aromatic hydroxyl groups is 1. The number of carbonyl (C=O) groups excluding carboxylic acids is 1. The van der Waals surface area contributed by atoms with Crippen molar-refractivity contribution in [3.05, 3.63) is 28.3 Å². The number of hydrogen-bond donors (Lipinski definition) is 1. The Bertz CT molecular complexity index is 431. The van der Waals surface area contributed by atoms with Crippen LogP contribution in [-0.2, 0) is 6.18 Å². The molecule has 0 heterocycles. The van der Waals surface area contributed by atoms with Crippen molar-refractivity contribution in [1.82, 2.24) is 0 Å². The molecule has 0 bridgehead atoms. The molecule has 0 radical (unpaired) electrons. The highest BCUT2D eigenvalue weighted by Crippen LogP contribution is 2.38. The van der Waals surface area contributed by atoms with Gasteiger partial charge in [-0.15, -0.1) is 0 Å². The van der Waals surface area contributed by atoms with Gasteiger partial charge in [-0.3, -0.25) is 4.79 Å². The molecule has 88 valence electrons. The second-order valence-corrected chi connectivity index (χ2v) is 3.87. The minimum Gasteiger partial charge on any atom is -0.507 e. The first kappa shape index (κ1) is 13.3. The van der Waals surface area contributed by atoms with Crippen molar-refractivity contribution in [2.24, 2.45) is 0 Å². The number of alkyl halides is 4. The normalized spacial score (nSPS) is 11.6. The summed E-state index contributed by atoms with van der Waals surface area (Å²) in [5, 5.41) is 8.73. The highest BCUT2D eigenvalue weighted by Gasteiger charge is 2.35. The molecule has 0 unspecified atom stereocenters. The average molecular weight is 317 g/mol. The third kappa shape index (κ3) is 2.68. The molecule has 0 aliphatic rings. The fraction of sp³-hybridized carbons (Fsp3) is 0.222. The first-order valence-electron chi connectivity index (χ1n) is 3.96. The van der Waals surface area contributed by atoms with Crippen LogP contribution in [-0.4, -0.2) is 16.2 Å². The number of rotatable bonds is 2. The van der Waals surface area contributed by atoms with Crippen molar-refractivity contribution in [3.63, 3.8) is 0 Å². The maximum Gasteiger partial charge on any atom is 0.420 e. The van der Waals surface area contributed by atoms with Gasteiger partial charge in [0, 0.05) is 5.56 Å². The highest BCUT2D eigenvalue weighted by molar-refractivity contribution is 9.09. The Morgan fingerprint density at radius 3 is 2.44 bits per heavy atom. The molecule has 2 nitrogen and oxygen atoms in total. The van der Waals surface area contributed by atoms with E-state index in [4.69, 9.17) is 16.7 Å². The number of ketones is 1. The van der Waals surface area contributed by atoms with E-state index in [1.807, 2.05) is 0 Å². The highest BCUT2D eigenvalue weighted by atomic mass is 79.9. The van der Waals surface area contributed by atoms with Gasteiger partial charge in [0.25, 0.3) is 0 Å². The van der Waals surface area contributed by atoms with Gasteiger partial charge in [0.2, 0.25) is 0 Å². The van der Waals surface area contributed by atoms with Crippen molar-refractivity contribution in [1.29, 1.82) is 0 Å². The third-order valence-corrected chi connectivity index (χ3v) is 2.63. The van der Waals surface area contributed by atoms with Crippen molar-refractivity contribution < 1.29 is 23.1 Å². The summed E-state index contributed by atoms with van der Waals surface area (Å²) in [6.45, 7) is 0. The minimum atomic E-state index is -4.70. The smallest absolute Gasteiger partial charge is 0.420 e. The second-order valence-electron chi connectivity index (χ2n) is 2.90. The Labute approximate surface area is 102 Å². The molecule has 0 saturated carbocycles. The number of hydrogen-bond acceptors (Lipinski definition) is 2. The van der Waals surface area contributed by atoms with Crippen LogP contribution < -0.4 is 0 Å². The zero-order valence-electron chi connectivity index (χ0n) is 7.61. The number of phenols is 1. The monoisotopic (exact) mass is 316 g/mol. The van der Waals surface area contributed by atoms with Crippen LogP contribution >= 0.6 is 27.5 Å². The predicted molar refractivity (Wildman–Crippen MR) is 56.2 cm³/mol. The molecule has 1 aromatic carbocycles. The van der Waals surface area contributed by atoms with E-state index in [-0.39, 0.29) is 15.9 Å². The first-order chi connectivity index (χ1) is 7.27. The van der Waals surface area contributed by atoms with Gasteiger partial charge >= 0.3 is 6.18 Å². The number of Topliss-reactive ketones (excluding diaryl/α,β-unsaturated/α-hetero) is 1. The lowest BCUT2D eigenvalue weighted by molar-refractivity contribution is -0.138. The maximum atomic E-state index is 12.3. The summed E-state index contributed by atoms with van der Waals surface area (Å²) in [7, 11) is 0. The molecule has 1 aromatic rings. The van der Waals surface area contributed by atoms with Crippen LogP contribution in [0.5, 0.6) is 5.75 Å². The summed E-state index contributed by atoms with van der Waals surface area (Å²) in [4.78, 5) is 11.2. The van der Waals surface area contributed by atoms with Gasteiger partial charge in [0.15, 0.2) is 5.78 Å². The van der Waals surface area contributed by atoms with Crippen molar-refractivity contribution in [2.75, 3.05) is 5.33 Å². The lowest BCUT2D eigenvalue weighted by Crippen LogP contribution is -2.08. The minimum absolute atomic E-state index is 0.0858. The molecule has 16 heavy (non-hydrogen) atoms. The van der Waals surface area contributed by atoms with E-state index in [1.165, 1.54) is 0 Å². The molecular formula is C9H5BrClF3O2. The van der Waals surface area contributed by atoms with Crippen LogP contribution in [0, 0.1) is 0 Å². The fourth-order valence-corrected chi connectivity index (χ4v) is 1.65. The van der Waals surface area contributed by atoms with Crippen LogP contribution in [0.2, 0.25) is 5.02 Å². The summed E-state index contributed by atoms with van der Waals surface area (Å²) >= 11 is 8.38. The predicted octanol–water partition coefficient (Wildman–Crippen LogP) is 3.64. The zero-order chi connectivity index (χ0) is 12.5. The molecule has 1 rings (SSSR count). The SMILES string of the molecule is O=C(CBr)c1cc(O)c(C(F)(F)F)cc1Cl. The summed E-state index contributed by atoms with van der Waals surface area (Å²) < 4.78 is 37.0. The fourth-order valence-electron chi connectivity index (χ4n) is 1.07. The number of carbonyl (C=O) groups is 1. The third-order valence-electron chi connectivity index (χ3n) is 1.81. The Morgan fingerprint density at radius 1 is 1.44 bits per heavy atom. The van der Waals surface area contributed by atoms with Gasteiger partial charge in [0.05, 0.1) is 15.9 Å². The van der Waals surface area contributed by atoms with Gasteiger partial charge < -0.3 is 5.11 Å². The molecule has 0 aliphatic heterocycles. The maximum absolute atomic E-state index is 12.3. The molecule has 0 aliphatic carbocycles. The zero-order valence-corrected chi connectivity index (χ0v) is 9.95. The second kappa shape index (κ2) is 4.63. The van der Waals surface area contributed by atoms with Crippen LogP contribution in [0.4, 0.5) is 13.2 Å². The van der Waals surface area contributed by atoms with Gasteiger partial charge in [-0.2, -0.15) is 13.2 Å². The molecule has 0 amide bonds. The number of benzene rings is 1. The van der Waals surface area contributed by atoms with E-state index in [1.54, 1.807) is 0 Å². The molecule has 0 fully saturated rings. The van der Waals surface area contributed by atoms with Crippen molar-refractivity contribution >= 4 is 33.3 Å². The molecule has 0 atom stereocenters. The summed E-state index contributed by atoms with van der Waals surface area (Å²) in [5.74, 6) is -1.52. The summed E-state index contributed by atoms with van der Waals surface area (Å²) in [6, 6.07) is 1.25. The number of phenolic OH excluding ortho intramolecular Hbond substituents is 1. The van der Waals surface area contributed by atoms with Crippen LogP contribution in [0.3, 0.4) is 0 Å². The lowest BCUT2D eigenvalue weighted by atomic mass is 10.1. The van der Waals surface area contributed by atoms with E-state index >= 15 is 0 Å². The van der Waals surface area contributed by atoms with Crippen molar-refractivity contribution in [2.45, 2.75) is 6.18 Å². The van der Waals surface area contributed by atoms with E-state index in [0.717, 1.165) is 6.07 Å². The molecular weight excluding hydrogens is 312 g/mol. The van der Waals surface area contributed by atoms with E-state index < -0.39 is 23.3 Å². The Balaban J connectivity index is 3.33. The van der Waals surface area contributed by atoms with Crippen LogP contribution in [0.25, 0.3) is 0 Å². The van der Waals surface area contributed by atoms with Gasteiger partial charge in [-0.25, -0.2) is 0 Å². The standard InChI is InChI=1S/C9H5BrClF3O2/c10-3-8(16)4-1-7(15)5(2-6(4)11)9(12,13)14/h1-2,15H,3H2. The largest absolute Gasteiger partial charge is 0.507 e. The first-order valence-corrected chi connectivity index (χ1v) is 5.46. The Morgan fingerprint density at radius 2 is 2.00 bits per heavy atom. The molecule has 7 heteroatoms. The molecule has 0 spiro atoms. The average Bonchev–Trinajstić information content (AvgIpc) is 2.18. The van der Waals surface area contributed by atoms with E-state index in [9.17, 15) is 18.0 Å². The molecule has 0 aromatic heterocycles. The lowest BCUT2D eigenvalue weighted by Gasteiger charge is -2.11. The van der Waals surface area contributed by atoms with E-state index in [0.29, 0.717) is 6.07 Å². The summed E-state index contributed by atoms with van der Waals surface area (Å²) in [6.07, 6.45) is -4.70. The van der Waals surface area contributed by atoms with Crippen LogP contribution in [0.1, 0.15) is 15.9 Å². The van der Waals surface area contributed by atoms with Gasteiger partial charge in [-0.1, -0.05) is 27.5 Å². The number of halogens is 5. The summed E-state index contributed by atoms with van der Waals surface area (Å²) in [5.41, 5.74) is -1.41. The Kier molecular flexibility index (Phi) is 3.85. The molecule has 1 N–H and O–H groups in total. The van der Waals surface area contributed by atoms with Gasteiger partial charge in [0.1, 0.15) is 5.75 Å². The molecule has 0 saturated heterocycles. The van der Waals surface area contributed by atoms with E-state index in [2.05, 4.69) is 15.9 Å². The van der Waals surface area contributed by atoms with Gasteiger partial charge in [-0.05, 0) is 12.1 Å². The topological polar surface area (TPSA) is 37.3 Å². The quantitative estimate of drug-likeness (QED) is 0.668. The van der Waals surface area contributed by atoms with Crippen molar-refractivity contribution in [3.8, 4) is 5.75 Å². The van der Waals surface area contributed by atoms with Crippen LogP contribution in [0.15, 0.2) is 12.1 Å².